The summed E-state index contributed by atoms with van der Waals surface area (Å²) in [5, 5.41) is 6.28. The van der Waals surface area contributed by atoms with Gasteiger partial charge in [-0.3, -0.25) is 4.79 Å². The molecule has 0 fully saturated rings. The molecule has 0 unspecified atom stereocenters. The van der Waals surface area contributed by atoms with Crippen molar-refractivity contribution >= 4 is 65.4 Å². The Morgan fingerprint density at radius 1 is 0.288 bits per heavy atom. The molecule has 0 atom stereocenters. The zero-order chi connectivity index (χ0) is 39.0. The van der Waals surface area contributed by atoms with Crippen LogP contribution in [0.1, 0.15) is 0 Å². The molecule has 4 nitrogen and oxygen atoms in total. The van der Waals surface area contributed by atoms with Gasteiger partial charge in [0.25, 0.3) is 0 Å². The highest BCUT2D eigenvalue weighted by molar-refractivity contribution is 6.11. The standard InChI is InChI=1S/C55H35N3O/c59-55-46-24-8-13-30-51(46)56(38-18-2-1-3-19-38)52-31-15-25-41(54(52)55)37-17-14-16-36(34-37)40-33-32-39(57-47-26-9-4-20-42(47)43-21-5-10-27-48(43)57)35-53(40)58-49-28-11-6-22-44(49)45-23-7-12-29-50(45)58/h1-35H. The fraction of sp³-hybridized carbons (Fsp3) is 0. The SMILES string of the molecule is O=c1c2ccccc2n(-c2ccccc2)c2cccc(-c3cccc(-c4ccc(-n5c6ccccc6c6ccccc65)cc4-n4c5ccccc5c5ccccc54)c3)c12. The average Bonchev–Trinajstić information content (AvgIpc) is 3.82. The highest BCUT2D eigenvalue weighted by atomic mass is 16.1. The van der Waals surface area contributed by atoms with Gasteiger partial charge in [0.1, 0.15) is 0 Å². The summed E-state index contributed by atoms with van der Waals surface area (Å²) in [4.78, 5) is 14.6. The summed E-state index contributed by atoms with van der Waals surface area (Å²) in [5.74, 6) is 0. The fourth-order valence-corrected chi connectivity index (χ4v) is 9.51. The maximum absolute atomic E-state index is 14.6. The number of fused-ring (bicyclic) bond motifs is 8. The molecule has 0 bridgehead atoms. The van der Waals surface area contributed by atoms with Gasteiger partial charge in [-0.1, -0.05) is 140 Å². The fourth-order valence-electron chi connectivity index (χ4n) is 9.51. The first kappa shape index (κ1) is 33.2. The van der Waals surface area contributed by atoms with Crippen molar-refractivity contribution in [2.24, 2.45) is 0 Å². The second kappa shape index (κ2) is 13.1. The third kappa shape index (κ3) is 5.00. The quantitative estimate of drug-likeness (QED) is 0.161. The lowest BCUT2D eigenvalue weighted by atomic mass is 9.94. The van der Waals surface area contributed by atoms with E-state index in [0.29, 0.717) is 10.8 Å². The molecule has 12 aromatic rings. The number of aromatic nitrogens is 3. The van der Waals surface area contributed by atoms with Crippen LogP contribution in [0.2, 0.25) is 0 Å². The minimum absolute atomic E-state index is 0.0327. The molecule has 0 amide bonds. The van der Waals surface area contributed by atoms with Gasteiger partial charge < -0.3 is 13.7 Å². The van der Waals surface area contributed by atoms with Gasteiger partial charge in [0.15, 0.2) is 5.43 Å². The van der Waals surface area contributed by atoms with Crippen LogP contribution < -0.4 is 5.43 Å². The van der Waals surface area contributed by atoms with Crippen molar-refractivity contribution in [1.82, 2.24) is 13.7 Å². The summed E-state index contributed by atoms with van der Waals surface area (Å²) in [5.41, 5.74) is 13.7. The van der Waals surface area contributed by atoms with Crippen LogP contribution >= 0.6 is 0 Å². The highest BCUT2D eigenvalue weighted by Crippen LogP contribution is 2.41. The van der Waals surface area contributed by atoms with Crippen LogP contribution in [0.5, 0.6) is 0 Å². The zero-order valence-corrected chi connectivity index (χ0v) is 32.0. The topological polar surface area (TPSA) is 31.9 Å². The van der Waals surface area contributed by atoms with Crippen molar-refractivity contribution in [3.63, 3.8) is 0 Å². The molecule has 0 saturated carbocycles. The van der Waals surface area contributed by atoms with E-state index >= 15 is 0 Å². The number of para-hydroxylation sites is 6. The van der Waals surface area contributed by atoms with E-state index in [0.717, 1.165) is 61.4 Å². The van der Waals surface area contributed by atoms with Crippen molar-refractivity contribution in [3.8, 4) is 39.3 Å². The lowest BCUT2D eigenvalue weighted by molar-refractivity contribution is 1.14. The number of hydrogen-bond donors (Lipinski definition) is 0. The number of rotatable bonds is 5. The number of nitrogens with zero attached hydrogens (tertiary/aromatic N) is 3. The van der Waals surface area contributed by atoms with E-state index in [9.17, 15) is 4.79 Å². The van der Waals surface area contributed by atoms with Gasteiger partial charge >= 0.3 is 0 Å². The molecular formula is C55H35N3O. The molecular weight excluding hydrogens is 719 g/mol. The second-order valence-electron chi connectivity index (χ2n) is 15.2. The van der Waals surface area contributed by atoms with E-state index in [1.165, 1.54) is 32.6 Å². The van der Waals surface area contributed by atoms with Gasteiger partial charge in [-0.2, -0.15) is 0 Å². The lowest BCUT2D eigenvalue weighted by Crippen LogP contribution is -2.11. The summed E-state index contributed by atoms with van der Waals surface area (Å²) in [6, 6.07) is 74.8. The molecule has 0 spiro atoms. The molecule has 3 aromatic heterocycles. The predicted molar refractivity (Wildman–Crippen MR) is 247 cm³/mol. The minimum atomic E-state index is 0.0327. The molecule has 0 aliphatic carbocycles. The van der Waals surface area contributed by atoms with Crippen molar-refractivity contribution in [2.45, 2.75) is 0 Å². The molecule has 3 heterocycles. The van der Waals surface area contributed by atoms with Crippen LogP contribution in [0.4, 0.5) is 0 Å². The van der Waals surface area contributed by atoms with Gasteiger partial charge in [0.2, 0.25) is 0 Å². The smallest absolute Gasteiger partial charge is 0.197 e. The van der Waals surface area contributed by atoms with Crippen LogP contribution in [-0.2, 0) is 0 Å². The summed E-state index contributed by atoms with van der Waals surface area (Å²) in [6.45, 7) is 0. The first-order chi connectivity index (χ1) is 29.2. The number of benzene rings is 9. The molecule has 0 aliphatic rings. The highest BCUT2D eigenvalue weighted by Gasteiger charge is 2.20. The molecule has 0 radical (unpaired) electrons. The Labute approximate surface area is 339 Å². The largest absolute Gasteiger partial charge is 0.309 e. The first-order valence-corrected chi connectivity index (χ1v) is 20.1. The second-order valence-corrected chi connectivity index (χ2v) is 15.2. The van der Waals surface area contributed by atoms with Crippen LogP contribution in [0.25, 0.3) is 105 Å². The maximum Gasteiger partial charge on any atom is 0.197 e. The maximum atomic E-state index is 14.6. The van der Waals surface area contributed by atoms with Crippen LogP contribution in [0.3, 0.4) is 0 Å². The molecule has 0 N–H and O–H groups in total. The third-order valence-electron chi connectivity index (χ3n) is 12.0. The van der Waals surface area contributed by atoms with Crippen molar-refractivity contribution < 1.29 is 0 Å². The Hall–Kier alpha value is -7.95. The molecule has 0 aliphatic heterocycles. The monoisotopic (exact) mass is 753 g/mol. The number of pyridine rings is 1. The molecule has 9 aromatic carbocycles. The summed E-state index contributed by atoms with van der Waals surface area (Å²) >= 11 is 0. The van der Waals surface area contributed by atoms with Crippen molar-refractivity contribution in [3.05, 3.63) is 223 Å². The van der Waals surface area contributed by atoms with E-state index in [1.54, 1.807) is 0 Å². The molecule has 0 saturated heterocycles. The van der Waals surface area contributed by atoms with Crippen molar-refractivity contribution in [1.29, 1.82) is 0 Å². The van der Waals surface area contributed by atoms with Crippen LogP contribution in [0, 0.1) is 0 Å². The van der Waals surface area contributed by atoms with E-state index in [-0.39, 0.29) is 5.43 Å². The third-order valence-corrected chi connectivity index (χ3v) is 12.0. The Morgan fingerprint density at radius 3 is 1.32 bits per heavy atom. The Kier molecular flexibility index (Phi) is 7.35. The molecule has 276 valence electrons. The lowest BCUT2D eigenvalue weighted by Gasteiger charge is -2.19. The molecule has 12 rings (SSSR count). The predicted octanol–water partition coefficient (Wildman–Crippen LogP) is 13.7. The average molecular weight is 754 g/mol. The Bertz CT molecular complexity index is 3590. The molecule has 59 heavy (non-hydrogen) atoms. The van der Waals surface area contributed by atoms with E-state index < -0.39 is 0 Å². The van der Waals surface area contributed by atoms with Gasteiger partial charge in [-0.05, 0) is 89.5 Å². The van der Waals surface area contributed by atoms with Crippen LogP contribution in [-0.4, -0.2) is 13.7 Å². The van der Waals surface area contributed by atoms with Gasteiger partial charge in [-0.25, -0.2) is 0 Å². The van der Waals surface area contributed by atoms with Crippen molar-refractivity contribution in [2.75, 3.05) is 0 Å². The van der Waals surface area contributed by atoms with E-state index in [4.69, 9.17) is 0 Å². The normalized spacial score (nSPS) is 11.8. The van der Waals surface area contributed by atoms with E-state index in [1.807, 2.05) is 42.5 Å². The zero-order valence-electron chi connectivity index (χ0n) is 32.0. The summed E-state index contributed by atoms with van der Waals surface area (Å²) in [6.07, 6.45) is 0. The van der Waals surface area contributed by atoms with Gasteiger partial charge in [0.05, 0.1) is 44.2 Å². The van der Waals surface area contributed by atoms with Gasteiger partial charge in [0, 0.05) is 43.9 Å². The Balaban J connectivity index is 1.13. The minimum Gasteiger partial charge on any atom is -0.309 e. The number of hydrogen-bond acceptors (Lipinski definition) is 1. The molecule has 4 heteroatoms. The summed E-state index contributed by atoms with van der Waals surface area (Å²) in [7, 11) is 0. The van der Waals surface area contributed by atoms with Crippen LogP contribution in [0.15, 0.2) is 217 Å². The Morgan fingerprint density at radius 2 is 0.729 bits per heavy atom. The first-order valence-electron chi connectivity index (χ1n) is 20.1. The van der Waals surface area contributed by atoms with Gasteiger partial charge in [-0.15, -0.1) is 0 Å². The summed E-state index contributed by atoms with van der Waals surface area (Å²) < 4.78 is 7.03. The van der Waals surface area contributed by atoms with E-state index in [2.05, 4.69) is 184 Å².